The number of amides is 1. The number of hydrogen-bond acceptors (Lipinski definition) is 4. The van der Waals surface area contributed by atoms with Crippen molar-refractivity contribution in [1.82, 2.24) is 9.71 Å². The van der Waals surface area contributed by atoms with E-state index >= 15 is 0 Å². The summed E-state index contributed by atoms with van der Waals surface area (Å²) in [6.45, 7) is 0.000871. The quantitative estimate of drug-likeness (QED) is 0.658. The minimum atomic E-state index is -3.60. The lowest BCUT2D eigenvalue weighted by Crippen LogP contribution is -2.26. The summed E-state index contributed by atoms with van der Waals surface area (Å²) < 4.78 is 26.3. The fourth-order valence-electron chi connectivity index (χ4n) is 2.43. The summed E-state index contributed by atoms with van der Waals surface area (Å²) in [4.78, 5) is 16.4. The highest BCUT2D eigenvalue weighted by atomic mass is 32.2. The summed E-state index contributed by atoms with van der Waals surface area (Å²) in [6, 6.07) is 20.3. The van der Waals surface area contributed by atoms with Gasteiger partial charge in [0.15, 0.2) is 0 Å². The Morgan fingerprint density at radius 3 is 2.52 bits per heavy atom. The van der Waals surface area contributed by atoms with Gasteiger partial charge >= 0.3 is 0 Å². The monoisotopic (exact) mass is 381 g/mol. The Morgan fingerprint density at radius 2 is 1.70 bits per heavy atom. The third-order valence-electron chi connectivity index (χ3n) is 3.76. The van der Waals surface area contributed by atoms with E-state index in [9.17, 15) is 13.2 Å². The molecule has 0 radical (unpaired) electrons. The Kier molecular flexibility index (Phi) is 5.95. The number of nitrogens with one attached hydrogen (secondary N) is 2. The van der Waals surface area contributed by atoms with Crippen LogP contribution in [-0.4, -0.2) is 25.9 Å². The number of sulfonamides is 1. The number of aromatic nitrogens is 1. The number of hydrogen-bond donors (Lipinski definition) is 2. The van der Waals surface area contributed by atoms with E-state index in [0.29, 0.717) is 5.82 Å². The molecule has 6 nitrogen and oxygen atoms in total. The number of benzene rings is 2. The van der Waals surface area contributed by atoms with E-state index in [1.54, 1.807) is 18.2 Å². The highest BCUT2D eigenvalue weighted by Crippen LogP contribution is 2.14. The predicted octanol–water partition coefficient (Wildman–Crippen LogP) is 3.15. The van der Waals surface area contributed by atoms with Crippen LogP contribution in [-0.2, 0) is 14.8 Å². The van der Waals surface area contributed by atoms with E-state index in [2.05, 4.69) is 15.0 Å². The maximum atomic E-state index is 12.0. The molecule has 0 spiro atoms. The Morgan fingerprint density at radius 1 is 0.963 bits per heavy atom. The van der Waals surface area contributed by atoms with Crippen LogP contribution in [0.1, 0.15) is 12.0 Å². The highest BCUT2D eigenvalue weighted by molar-refractivity contribution is 7.92. The average Bonchev–Trinajstić information content (AvgIpc) is 2.67. The minimum Gasteiger partial charge on any atom is -0.311 e. The summed E-state index contributed by atoms with van der Waals surface area (Å²) in [5.74, 6) is 0.123. The summed E-state index contributed by atoms with van der Waals surface area (Å²) in [5.41, 5.74) is 1.56. The van der Waals surface area contributed by atoms with Crippen LogP contribution in [0.15, 0.2) is 72.1 Å². The molecule has 1 amide bonds. The van der Waals surface area contributed by atoms with Crippen molar-refractivity contribution in [2.45, 2.75) is 6.42 Å². The van der Waals surface area contributed by atoms with Gasteiger partial charge in [0.1, 0.15) is 5.82 Å². The highest BCUT2D eigenvalue weighted by Gasteiger charge is 2.08. The Hall–Kier alpha value is -3.03. The molecule has 0 fully saturated rings. The van der Waals surface area contributed by atoms with Gasteiger partial charge in [-0.3, -0.25) is 4.79 Å². The molecule has 2 aromatic carbocycles. The van der Waals surface area contributed by atoms with Gasteiger partial charge in [-0.25, -0.2) is 18.1 Å². The van der Waals surface area contributed by atoms with Gasteiger partial charge in [-0.15, -0.1) is 0 Å². The molecule has 0 saturated heterocycles. The van der Waals surface area contributed by atoms with Gasteiger partial charge < -0.3 is 5.32 Å². The van der Waals surface area contributed by atoms with E-state index in [1.807, 2.05) is 48.5 Å². The molecule has 0 saturated carbocycles. The number of para-hydroxylation sites is 1. The summed E-state index contributed by atoms with van der Waals surface area (Å²) in [5, 5.41) is 4.74. The van der Waals surface area contributed by atoms with Gasteiger partial charge in [0.25, 0.3) is 0 Å². The van der Waals surface area contributed by atoms with Gasteiger partial charge in [-0.05, 0) is 29.8 Å². The molecule has 7 heteroatoms. The summed E-state index contributed by atoms with van der Waals surface area (Å²) >= 11 is 0. The van der Waals surface area contributed by atoms with Crippen LogP contribution in [0.25, 0.3) is 17.0 Å². The van der Waals surface area contributed by atoms with Gasteiger partial charge in [0.2, 0.25) is 15.9 Å². The molecule has 2 N–H and O–H groups in total. The van der Waals surface area contributed by atoms with Crippen LogP contribution in [0.3, 0.4) is 0 Å². The smallest absolute Gasteiger partial charge is 0.233 e. The maximum Gasteiger partial charge on any atom is 0.233 e. The molecule has 0 aliphatic rings. The number of anilines is 1. The standard InChI is InChI=1S/C20H19N3O3S/c24-20(23-19-11-10-17-8-4-5-9-18(17)22-19)12-14-21-27(25,26)15-13-16-6-2-1-3-7-16/h1-11,13,15,21H,12,14H2,(H,22,23,24)/b15-13+. The fraction of sp³-hybridized carbons (Fsp3) is 0.100. The number of pyridine rings is 1. The molecule has 0 bridgehead atoms. The number of rotatable bonds is 7. The molecule has 1 aromatic heterocycles. The van der Waals surface area contributed by atoms with Crippen LogP contribution in [0, 0.1) is 0 Å². The minimum absolute atomic E-state index is 0.000871. The van der Waals surface area contributed by atoms with Crippen LogP contribution in [0.2, 0.25) is 0 Å². The van der Waals surface area contributed by atoms with Crippen molar-refractivity contribution >= 4 is 38.7 Å². The first kappa shape index (κ1) is 18.8. The first-order valence-corrected chi connectivity index (χ1v) is 9.95. The third kappa shape index (κ3) is 5.73. The van der Waals surface area contributed by atoms with Crippen molar-refractivity contribution in [2.75, 3.05) is 11.9 Å². The van der Waals surface area contributed by atoms with E-state index in [0.717, 1.165) is 21.9 Å². The molecular weight excluding hydrogens is 362 g/mol. The maximum absolute atomic E-state index is 12.0. The Balaban J connectivity index is 1.50. The lowest BCUT2D eigenvalue weighted by Gasteiger charge is -2.06. The zero-order valence-electron chi connectivity index (χ0n) is 14.5. The van der Waals surface area contributed by atoms with Crippen LogP contribution < -0.4 is 10.0 Å². The van der Waals surface area contributed by atoms with Gasteiger partial charge in [-0.1, -0.05) is 48.5 Å². The second-order valence-electron chi connectivity index (χ2n) is 5.84. The van der Waals surface area contributed by atoms with Gasteiger partial charge in [0.05, 0.1) is 5.52 Å². The zero-order chi connectivity index (χ0) is 19.1. The molecule has 1 heterocycles. The van der Waals surface area contributed by atoms with Crippen LogP contribution in [0.4, 0.5) is 5.82 Å². The molecule has 0 aliphatic carbocycles. The van der Waals surface area contributed by atoms with Crippen molar-refractivity contribution in [2.24, 2.45) is 0 Å². The Bertz CT molecular complexity index is 1060. The molecule has 3 rings (SSSR count). The van der Waals surface area contributed by atoms with E-state index < -0.39 is 10.0 Å². The summed E-state index contributed by atoms with van der Waals surface area (Å²) in [7, 11) is -3.60. The van der Waals surface area contributed by atoms with Crippen molar-refractivity contribution < 1.29 is 13.2 Å². The first-order chi connectivity index (χ1) is 13.0. The van der Waals surface area contributed by atoms with Crippen molar-refractivity contribution in [3.63, 3.8) is 0 Å². The van der Waals surface area contributed by atoms with Crippen LogP contribution in [0.5, 0.6) is 0 Å². The lowest BCUT2D eigenvalue weighted by atomic mass is 10.2. The second-order valence-corrected chi connectivity index (χ2v) is 7.49. The number of fused-ring (bicyclic) bond motifs is 1. The Labute approximate surface area is 158 Å². The SMILES string of the molecule is O=C(CCNS(=O)(=O)/C=C/c1ccccc1)Nc1ccc2ccccc2n1. The van der Waals surface area contributed by atoms with Crippen molar-refractivity contribution in [3.8, 4) is 0 Å². The molecule has 27 heavy (non-hydrogen) atoms. The molecule has 138 valence electrons. The average molecular weight is 381 g/mol. The van der Waals surface area contributed by atoms with Gasteiger partial charge in [0, 0.05) is 23.8 Å². The van der Waals surface area contributed by atoms with Crippen molar-refractivity contribution in [1.29, 1.82) is 0 Å². The molecule has 0 aliphatic heterocycles. The topological polar surface area (TPSA) is 88.2 Å². The third-order valence-corrected chi connectivity index (χ3v) is 4.86. The fourth-order valence-corrected chi connectivity index (χ4v) is 3.25. The van der Waals surface area contributed by atoms with E-state index in [-0.39, 0.29) is 18.9 Å². The van der Waals surface area contributed by atoms with Crippen molar-refractivity contribution in [3.05, 3.63) is 77.7 Å². The first-order valence-electron chi connectivity index (χ1n) is 8.40. The number of carbonyl (C=O) groups excluding carboxylic acids is 1. The number of carbonyl (C=O) groups is 1. The summed E-state index contributed by atoms with van der Waals surface area (Å²) in [6.07, 6.45) is 1.51. The molecule has 0 unspecified atom stereocenters. The molecule has 3 aromatic rings. The second kappa shape index (κ2) is 8.57. The molecular formula is C20H19N3O3S. The van der Waals surface area contributed by atoms with Gasteiger partial charge in [-0.2, -0.15) is 0 Å². The lowest BCUT2D eigenvalue weighted by molar-refractivity contribution is -0.116. The normalized spacial score (nSPS) is 11.7. The largest absolute Gasteiger partial charge is 0.311 e. The van der Waals surface area contributed by atoms with E-state index in [1.165, 1.54) is 6.08 Å². The van der Waals surface area contributed by atoms with E-state index in [4.69, 9.17) is 0 Å². The number of nitrogens with zero attached hydrogens (tertiary/aromatic N) is 1. The predicted molar refractivity (Wildman–Crippen MR) is 107 cm³/mol. The molecule has 0 atom stereocenters. The zero-order valence-corrected chi connectivity index (χ0v) is 15.3. The van der Waals surface area contributed by atoms with Crippen LogP contribution >= 0.6 is 0 Å².